The molecule has 0 saturated heterocycles. The first kappa shape index (κ1) is 25.0. The van der Waals surface area contributed by atoms with Crippen LogP contribution in [0.5, 0.6) is 0 Å². The van der Waals surface area contributed by atoms with Crippen molar-refractivity contribution >= 4 is 0 Å². The van der Waals surface area contributed by atoms with E-state index in [9.17, 15) is 0 Å². The van der Waals surface area contributed by atoms with Crippen molar-refractivity contribution in [2.75, 3.05) is 7.05 Å². The molecule has 0 saturated carbocycles. The number of rotatable bonds is 23. The van der Waals surface area contributed by atoms with Gasteiger partial charge in [0.2, 0.25) is 0 Å². The Morgan fingerprint density at radius 1 is 0.308 bits per heavy atom. The van der Waals surface area contributed by atoms with E-state index in [1.165, 1.54) is 0 Å². The highest BCUT2D eigenvalue weighted by Gasteiger charge is 1.84. The van der Waals surface area contributed by atoms with Crippen LogP contribution in [-0.4, -0.2) is 7.05 Å². The Hall–Kier alpha value is -1.00. The summed E-state index contributed by atoms with van der Waals surface area (Å²) in [5.74, 6) is 4.91. The molecule has 0 radical (unpaired) electrons. The Bertz CT molecular complexity index is 202. The molecule has 0 aromatic rings. The molecule has 0 aliphatic rings. The number of nitrogens with one attached hydrogen (secondary N) is 24. The molecule has 25 heteroatoms. The first-order valence-electron chi connectivity index (χ1n) is 6.54. The van der Waals surface area contributed by atoms with Crippen molar-refractivity contribution < 1.29 is 0 Å². The third kappa shape index (κ3) is 23.0. The molecule has 0 amide bonds. The lowest BCUT2D eigenvalue weighted by molar-refractivity contribution is 0.188. The maximum atomic E-state index is 4.91. The minimum atomic E-state index is 1.69. The fraction of sp³-hybridized carbons (Fsp3) is 1.00. The molecule has 0 aliphatic carbocycles. The van der Waals surface area contributed by atoms with Crippen molar-refractivity contribution in [3.63, 3.8) is 0 Å². The van der Waals surface area contributed by atoms with E-state index in [1.54, 1.807) is 7.05 Å². The zero-order valence-corrected chi connectivity index (χ0v) is 13.6. The van der Waals surface area contributed by atoms with Gasteiger partial charge in [-0.3, -0.25) is 5.84 Å². The summed E-state index contributed by atoms with van der Waals surface area (Å²) in [6.45, 7) is 0. The molecule has 0 bridgehead atoms. The molecule has 26 N–H and O–H groups in total. The van der Waals surface area contributed by atoms with Crippen LogP contribution in [0.15, 0.2) is 0 Å². The minimum absolute atomic E-state index is 1.69. The van der Waals surface area contributed by atoms with Crippen molar-refractivity contribution in [2.45, 2.75) is 0 Å². The van der Waals surface area contributed by atoms with Crippen molar-refractivity contribution in [3.05, 3.63) is 0 Å². The van der Waals surface area contributed by atoms with Crippen LogP contribution in [-0.2, 0) is 0 Å². The van der Waals surface area contributed by atoms with Gasteiger partial charge in [0.1, 0.15) is 0 Å². The van der Waals surface area contributed by atoms with Gasteiger partial charge in [0, 0.05) is 0 Å². The van der Waals surface area contributed by atoms with E-state index in [1.807, 2.05) is 0 Å². The van der Waals surface area contributed by atoms with Gasteiger partial charge in [0.25, 0.3) is 0 Å². The lowest BCUT2D eigenvalue weighted by Gasteiger charge is -2.15. The van der Waals surface area contributed by atoms with Crippen LogP contribution in [0.1, 0.15) is 0 Å². The SMILES string of the molecule is CNNNNNNNNNNNNNNNNNNNNNNNNN. The maximum absolute atomic E-state index is 4.91. The second-order valence-corrected chi connectivity index (χ2v) is 3.14. The van der Waals surface area contributed by atoms with Crippen LogP contribution in [0.2, 0.25) is 0 Å². The highest BCUT2D eigenvalue weighted by Crippen LogP contribution is 1.30. The molecule has 0 rings (SSSR count). The largest absolute Gasteiger partial charge is 0.257 e. The van der Waals surface area contributed by atoms with E-state index in [0.717, 1.165) is 0 Å². The van der Waals surface area contributed by atoms with Gasteiger partial charge in [-0.15, -0.1) is 0 Å². The van der Waals surface area contributed by atoms with Gasteiger partial charge in [-0.2, -0.15) is 127 Å². The van der Waals surface area contributed by atoms with E-state index in [0.29, 0.717) is 0 Å². The fourth-order valence-electron chi connectivity index (χ4n) is 0.724. The highest BCUT2D eigenvalue weighted by molar-refractivity contribution is 4.18. The molecule has 0 spiro atoms. The van der Waals surface area contributed by atoms with Gasteiger partial charge in [0.05, 0.1) is 0 Å². The lowest BCUT2D eigenvalue weighted by Crippen LogP contribution is -2.70. The standard InChI is InChI=1S/CH29N25/c1-3-5-7-9-11-13-15-17-19-21-23-25-26-24-22-20-18-16-14-12-10-8-6-4-2/h3-26H,2H2,1H3. The molecule has 0 aliphatic heterocycles. The number of hydrazine groups is 24. The number of hydrogen-bond donors (Lipinski definition) is 25. The summed E-state index contributed by atoms with van der Waals surface area (Å²) >= 11 is 0. The van der Waals surface area contributed by atoms with E-state index in [-0.39, 0.29) is 0 Å². The molecule has 158 valence electrons. The van der Waals surface area contributed by atoms with Crippen LogP contribution >= 0.6 is 0 Å². The number of nitrogens with two attached hydrogens (primary N) is 1. The van der Waals surface area contributed by atoms with E-state index >= 15 is 0 Å². The van der Waals surface area contributed by atoms with E-state index in [4.69, 9.17) is 5.84 Å². The predicted molar refractivity (Wildman–Crippen MR) is 85.4 cm³/mol. The van der Waals surface area contributed by atoms with Crippen LogP contribution in [0.4, 0.5) is 0 Å². The normalized spacial score (nSPS) is 11.3. The molecule has 26 heavy (non-hydrogen) atoms. The zero-order valence-electron chi connectivity index (χ0n) is 13.6. The minimum Gasteiger partial charge on any atom is -0.257 e. The van der Waals surface area contributed by atoms with Gasteiger partial charge in [-0.1, -0.05) is 0 Å². The van der Waals surface area contributed by atoms with E-state index in [2.05, 4.69) is 133 Å². The van der Waals surface area contributed by atoms with Crippen LogP contribution in [0.25, 0.3) is 0 Å². The first-order valence-corrected chi connectivity index (χ1v) is 6.54. The molecule has 0 unspecified atom stereocenters. The van der Waals surface area contributed by atoms with Gasteiger partial charge < -0.3 is 0 Å². The zero-order chi connectivity index (χ0) is 19.0. The average Bonchev–Trinajstić information content (AvgIpc) is 2.66. The molecule has 25 nitrogen and oxygen atoms in total. The molecular weight excluding hydrogens is 362 g/mol. The highest BCUT2D eigenvalue weighted by atomic mass is 16.0. The summed E-state index contributed by atoms with van der Waals surface area (Å²) in [5.41, 5.74) is 59.4. The molecular formula is CH29N25. The topological polar surface area (TPSA) is 315 Å². The van der Waals surface area contributed by atoms with Crippen molar-refractivity contribution in [2.24, 2.45) is 5.84 Å². The summed E-state index contributed by atoms with van der Waals surface area (Å²) in [7, 11) is 1.69. The molecule has 0 aromatic carbocycles. The van der Waals surface area contributed by atoms with Crippen molar-refractivity contribution in [1.29, 1.82) is 0 Å². The predicted octanol–water partition coefficient (Wildman–Crippen LogP) is -12.3. The summed E-state index contributed by atoms with van der Waals surface area (Å²) in [6.07, 6.45) is 0. The molecule has 0 aromatic heterocycles. The van der Waals surface area contributed by atoms with Crippen LogP contribution in [0, 0.1) is 0 Å². The van der Waals surface area contributed by atoms with Gasteiger partial charge >= 0.3 is 0 Å². The summed E-state index contributed by atoms with van der Waals surface area (Å²) in [5, 5.41) is 0. The molecule has 0 atom stereocenters. The number of hydrogen-bond acceptors (Lipinski definition) is 25. The Morgan fingerprint density at radius 2 is 0.500 bits per heavy atom. The third-order valence-corrected chi connectivity index (χ3v) is 1.51. The van der Waals surface area contributed by atoms with Crippen LogP contribution in [0.3, 0.4) is 0 Å². The molecule has 0 fully saturated rings. The Morgan fingerprint density at radius 3 is 0.692 bits per heavy atom. The van der Waals surface area contributed by atoms with Crippen LogP contribution < -0.4 is 139 Å². The smallest absolute Gasteiger partial charge is 0.000111 e. The van der Waals surface area contributed by atoms with Crippen molar-refractivity contribution in [1.82, 2.24) is 133 Å². The van der Waals surface area contributed by atoms with Gasteiger partial charge in [-0.05, 0) is 7.05 Å². The maximum Gasteiger partial charge on any atom is -0.000111 e. The quantitative estimate of drug-likeness (QED) is 0.0436. The lowest BCUT2D eigenvalue weighted by atomic mass is 11.5. The summed E-state index contributed by atoms with van der Waals surface area (Å²) in [6, 6.07) is 0. The summed E-state index contributed by atoms with van der Waals surface area (Å²) in [4.78, 5) is 0. The first-order chi connectivity index (χ1) is 12.9. The Kier molecular flexibility index (Phi) is 23.1. The van der Waals surface area contributed by atoms with E-state index < -0.39 is 0 Å². The summed E-state index contributed by atoms with van der Waals surface area (Å²) < 4.78 is 0. The average molecular weight is 391 g/mol. The fourth-order valence-corrected chi connectivity index (χ4v) is 0.724. The second kappa shape index (κ2) is 24.0. The Labute approximate surface area is 147 Å². The van der Waals surface area contributed by atoms with Crippen molar-refractivity contribution in [3.8, 4) is 0 Å². The monoisotopic (exact) mass is 391 g/mol. The molecule has 0 heterocycles. The third-order valence-electron chi connectivity index (χ3n) is 1.51. The second-order valence-electron chi connectivity index (χ2n) is 3.14. The Balaban J connectivity index is 2.95. The van der Waals surface area contributed by atoms with Gasteiger partial charge in [0.15, 0.2) is 0 Å². The van der Waals surface area contributed by atoms with Gasteiger partial charge in [-0.25, -0.2) is 5.43 Å².